The zero-order valence-electron chi connectivity index (χ0n) is 17.3. The first-order valence-electron chi connectivity index (χ1n) is 9.78. The highest BCUT2D eigenvalue weighted by molar-refractivity contribution is 6.23. The maximum Gasteiger partial charge on any atom is 0.343 e. The second-order valence-electron chi connectivity index (χ2n) is 7.10. The molecule has 0 aliphatic carbocycles. The fourth-order valence-electron chi connectivity index (χ4n) is 3.45. The molecule has 0 fully saturated rings. The summed E-state index contributed by atoms with van der Waals surface area (Å²) in [5, 5.41) is 6.68. The molecule has 2 atom stereocenters. The van der Waals surface area contributed by atoms with Crippen LogP contribution in [0.5, 0.6) is 0 Å². The summed E-state index contributed by atoms with van der Waals surface area (Å²) in [6.45, 7) is 5.51. The van der Waals surface area contributed by atoms with Crippen LogP contribution in [-0.2, 0) is 16.6 Å². The third-order valence-electron chi connectivity index (χ3n) is 5.23. The molecule has 1 aliphatic rings. The van der Waals surface area contributed by atoms with Gasteiger partial charge in [-0.05, 0) is 25.0 Å². The van der Waals surface area contributed by atoms with Crippen molar-refractivity contribution in [2.24, 2.45) is 13.0 Å². The Labute approximate surface area is 174 Å². The molecule has 1 aromatic carbocycles. The van der Waals surface area contributed by atoms with Gasteiger partial charge < -0.3 is 10.1 Å². The van der Waals surface area contributed by atoms with Crippen molar-refractivity contribution in [1.82, 2.24) is 14.7 Å². The van der Waals surface area contributed by atoms with Gasteiger partial charge in [0.15, 0.2) is 0 Å². The average Bonchev–Trinajstić information content (AvgIpc) is 3.21. The second-order valence-corrected chi connectivity index (χ2v) is 7.10. The van der Waals surface area contributed by atoms with Crippen molar-refractivity contribution in [2.75, 3.05) is 11.9 Å². The van der Waals surface area contributed by atoms with E-state index in [0.717, 1.165) is 4.90 Å². The first-order valence-corrected chi connectivity index (χ1v) is 9.78. The van der Waals surface area contributed by atoms with E-state index in [1.807, 2.05) is 6.92 Å². The van der Waals surface area contributed by atoms with Gasteiger partial charge in [-0.15, -0.1) is 0 Å². The third kappa shape index (κ3) is 3.58. The molecule has 0 radical (unpaired) electrons. The number of hydrogen-bond donors (Lipinski definition) is 1. The highest BCUT2D eigenvalue weighted by Gasteiger charge is 2.44. The Morgan fingerprint density at radius 1 is 1.13 bits per heavy atom. The summed E-state index contributed by atoms with van der Waals surface area (Å²) in [7, 11) is 1.57. The van der Waals surface area contributed by atoms with Crippen LogP contribution < -0.4 is 5.32 Å². The summed E-state index contributed by atoms with van der Waals surface area (Å²) < 4.78 is 6.34. The number of esters is 1. The third-order valence-corrected chi connectivity index (χ3v) is 5.23. The molecule has 2 aromatic rings. The van der Waals surface area contributed by atoms with E-state index in [-0.39, 0.29) is 35.0 Å². The van der Waals surface area contributed by atoms with Crippen LogP contribution in [0.15, 0.2) is 30.5 Å². The number of carbonyl (C=O) groups is 4. The topological polar surface area (TPSA) is 111 Å². The van der Waals surface area contributed by atoms with Gasteiger partial charge in [0, 0.05) is 7.05 Å². The van der Waals surface area contributed by atoms with E-state index in [1.165, 1.54) is 10.9 Å². The molecule has 2 heterocycles. The van der Waals surface area contributed by atoms with Gasteiger partial charge in [0.05, 0.1) is 23.9 Å². The maximum atomic E-state index is 13.3. The molecule has 0 saturated heterocycles. The molecule has 30 heavy (non-hydrogen) atoms. The lowest BCUT2D eigenvalue weighted by Crippen LogP contribution is -2.50. The number of nitrogens with zero attached hydrogens (tertiary/aromatic N) is 3. The van der Waals surface area contributed by atoms with E-state index in [0.29, 0.717) is 6.42 Å². The fraction of sp³-hybridized carbons (Fsp3) is 0.381. The number of ether oxygens (including phenoxy) is 1. The molecular formula is C21H24N4O5. The van der Waals surface area contributed by atoms with Gasteiger partial charge in [0.2, 0.25) is 5.91 Å². The van der Waals surface area contributed by atoms with Crippen molar-refractivity contribution in [3.05, 3.63) is 47.2 Å². The van der Waals surface area contributed by atoms with Crippen LogP contribution in [0.25, 0.3) is 0 Å². The SMILES string of the molecule is CCOC(=O)c1cnn(C)c1NC(=O)C(C(C)CC)N1C(=O)c2ccccc2C1=O. The van der Waals surface area contributed by atoms with Crippen molar-refractivity contribution >= 4 is 29.5 Å². The van der Waals surface area contributed by atoms with E-state index in [1.54, 1.807) is 45.2 Å². The number of fused-ring (bicyclic) bond motifs is 1. The van der Waals surface area contributed by atoms with Crippen molar-refractivity contribution in [3.8, 4) is 0 Å². The number of aromatic nitrogens is 2. The van der Waals surface area contributed by atoms with E-state index in [2.05, 4.69) is 10.4 Å². The molecule has 0 spiro atoms. The zero-order valence-corrected chi connectivity index (χ0v) is 17.3. The van der Waals surface area contributed by atoms with Gasteiger partial charge in [-0.3, -0.25) is 24.0 Å². The van der Waals surface area contributed by atoms with Crippen LogP contribution >= 0.6 is 0 Å². The van der Waals surface area contributed by atoms with Crippen molar-refractivity contribution in [3.63, 3.8) is 0 Å². The number of rotatable bonds is 7. The Morgan fingerprint density at radius 2 is 1.73 bits per heavy atom. The normalized spacial score (nSPS) is 15.0. The Hall–Kier alpha value is -3.49. The smallest absolute Gasteiger partial charge is 0.343 e. The van der Waals surface area contributed by atoms with E-state index in [4.69, 9.17) is 4.74 Å². The van der Waals surface area contributed by atoms with Gasteiger partial charge >= 0.3 is 5.97 Å². The summed E-state index contributed by atoms with van der Waals surface area (Å²) in [4.78, 5) is 52.3. The van der Waals surface area contributed by atoms with Crippen LogP contribution in [-0.4, -0.2) is 51.0 Å². The molecule has 0 bridgehead atoms. The number of carbonyl (C=O) groups excluding carboxylic acids is 4. The van der Waals surface area contributed by atoms with E-state index >= 15 is 0 Å². The molecule has 9 heteroatoms. The highest BCUT2D eigenvalue weighted by Crippen LogP contribution is 2.29. The standard InChI is InChI=1S/C21H24N4O5/c1-5-12(3)16(25-19(27)13-9-7-8-10-14(13)20(25)28)18(26)23-17-15(11-22-24(17)4)21(29)30-6-2/h7-12,16H,5-6H2,1-4H3,(H,23,26). The molecular weight excluding hydrogens is 388 g/mol. The number of imide groups is 1. The average molecular weight is 412 g/mol. The zero-order chi connectivity index (χ0) is 22.0. The minimum atomic E-state index is -1.05. The Kier molecular flexibility index (Phi) is 6.00. The van der Waals surface area contributed by atoms with Crippen molar-refractivity contribution in [1.29, 1.82) is 0 Å². The van der Waals surface area contributed by atoms with Crippen LogP contribution in [0.3, 0.4) is 0 Å². The molecule has 1 aromatic heterocycles. The molecule has 9 nitrogen and oxygen atoms in total. The molecule has 1 aliphatic heterocycles. The number of anilines is 1. The van der Waals surface area contributed by atoms with Crippen molar-refractivity contribution in [2.45, 2.75) is 33.2 Å². The lowest BCUT2D eigenvalue weighted by Gasteiger charge is -2.29. The molecule has 0 saturated carbocycles. The van der Waals surface area contributed by atoms with E-state index in [9.17, 15) is 19.2 Å². The minimum Gasteiger partial charge on any atom is -0.462 e. The molecule has 3 amide bonds. The van der Waals surface area contributed by atoms with Gasteiger partial charge in [-0.25, -0.2) is 4.79 Å². The number of nitrogens with one attached hydrogen (secondary N) is 1. The molecule has 158 valence electrons. The summed E-state index contributed by atoms with van der Waals surface area (Å²) >= 11 is 0. The summed E-state index contributed by atoms with van der Waals surface area (Å²) in [5.41, 5.74) is 0.644. The molecule has 1 N–H and O–H groups in total. The van der Waals surface area contributed by atoms with Crippen molar-refractivity contribution < 1.29 is 23.9 Å². The maximum absolute atomic E-state index is 13.3. The van der Waals surface area contributed by atoms with Gasteiger partial charge in [-0.1, -0.05) is 32.4 Å². The second kappa shape index (κ2) is 8.48. The Bertz CT molecular complexity index is 978. The number of hydrogen-bond acceptors (Lipinski definition) is 6. The first-order chi connectivity index (χ1) is 14.3. The fourth-order valence-corrected chi connectivity index (χ4v) is 3.45. The summed E-state index contributed by atoms with van der Waals surface area (Å²) in [6.07, 6.45) is 1.86. The lowest BCUT2D eigenvalue weighted by atomic mass is 9.96. The van der Waals surface area contributed by atoms with Crippen LogP contribution in [0.2, 0.25) is 0 Å². The summed E-state index contributed by atoms with van der Waals surface area (Å²) in [5.74, 6) is -2.39. The Balaban J connectivity index is 1.95. The lowest BCUT2D eigenvalue weighted by molar-refractivity contribution is -0.121. The number of amides is 3. The van der Waals surface area contributed by atoms with Gasteiger partial charge in [-0.2, -0.15) is 5.10 Å². The van der Waals surface area contributed by atoms with Crippen LogP contribution in [0, 0.1) is 5.92 Å². The number of aryl methyl sites for hydroxylation is 1. The first kappa shape index (κ1) is 21.2. The van der Waals surface area contributed by atoms with E-state index < -0.39 is 29.7 Å². The number of benzene rings is 1. The quantitative estimate of drug-likeness (QED) is 0.552. The molecule has 3 rings (SSSR count). The summed E-state index contributed by atoms with van der Waals surface area (Å²) in [6, 6.07) is 5.44. The van der Waals surface area contributed by atoms with Gasteiger partial charge in [0.1, 0.15) is 17.4 Å². The minimum absolute atomic E-state index is 0.0953. The van der Waals surface area contributed by atoms with Crippen LogP contribution in [0.4, 0.5) is 5.82 Å². The monoisotopic (exact) mass is 412 g/mol. The predicted octanol–water partition coefficient (Wildman–Crippen LogP) is 2.25. The largest absolute Gasteiger partial charge is 0.462 e. The predicted molar refractivity (Wildman–Crippen MR) is 108 cm³/mol. The van der Waals surface area contributed by atoms with Crippen LogP contribution in [0.1, 0.15) is 58.3 Å². The highest BCUT2D eigenvalue weighted by atomic mass is 16.5. The molecule has 2 unspecified atom stereocenters. The van der Waals surface area contributed by atoms with Gasteiger partial charge in [0.25, 0.3) is 11.8 Å². The Morgan fingerprint density at radius 3 is 2.27 bits per heavy atom.